The molecule has 0 fully saturated rings. The minimum Gasteiger partial charge on any atom is -0.396 e. The normalized spacial score (nSPS) is 11.6. The van der Waals surface area contributed by atoms with Crippen LogP contribution in [0.2, 0.25) is 0 Å². The van der Waals surface area contributed by atoms with Gasteiger partial charge in [0.05, 0.1) is 10.9 Å². The van der Waals surface area contributed by atoms with Gasteiger partial charge in [-0.05, 0) is 31.4 Å². The Balaban J connectivity index is 1.99. The monoisotopic (exact) mass is 374 g/mol. The average Bonchev–Trinajstić information content (AvgIpc) is 3.08. The van der Waals surface area contributed by atoms with E-state index in [9.17, 15) is 4.79 Å². The van der Waals surface area contributed by atoms with Gasteiger partial charge in [0.25, 0.3) is 5.56 Å². The Morgan fingerprint density at radius 1 is 1.08 bits per heavy atom. The van der Waals surface area contributed by atoms with E-state index < -0.39 is 0 Å². The van der Waals surface area contributed by atoms with E-state index in [-0.39, 0.29) is 12.2 Å². The van der Waals surface area contributed by atoms with Gasteiger partial charge in [0.15, 0.2) is 5.16 Å². The van der Waals surface area contributed by atoms with Crippen molar-refractivity contribution in [1.82, 2.24) is 19.2 Å². The molecule has 0 aliphatic carbocycles. The Morgan fingerprint density at radius 2 is 1.92 bits per heavy atom. The van der Waals surface area contributed by atoms with Gasteiger partial charge in [0.1, 0.15) is 0 Å². The topological polar surface area (TPSA) is 72.4 Å². The smallest absolute Gasteiger partial charge is 0.262 e. The minimum absolute atomic E-state index is 0.0103. The summed E-state index contributed by atoms with van der Waals surface area (Å²) in [6, 6.07) is 7.68. The molecule has 7 heteroatoms. The maximum absolute atomic E-state index is 12.9. The highest BCUT2D eigenvalue weighted by Crippen LogP contribution is 2.22. The van der Waals surface area contributed by atoms with Crippen LogP contribution in [-0.2, 0) is 6.54 Å². The number of aromatic nitrogens is 4. The van der Waals surface area contributed by atoms with Crippen LogP contribution in [0.4, 0.5) is 0 Å². The molecule has 2 heterocycles. The summed E-state index contributed by atoms with van der Waals surface area (Å²) in [7, 11) is 0. The lowest BCUT2D eigenvalue weighted by Crippen LogP contribution is -2.23. The van der Waals surface area contributed by atoms with Gasteiger partial charge in [0.2, 0.25) is 5.78 Å². The number of hydrogen-bond acceptors (Lipinski definition) is 5. The molecule has 0 spiro atoms. The summed E-state index contributed by atoms with van der Waals surface area (Å²) < 4.78 is 3.78. The second kappa shape index (κ2) is 9.19. The Hall–Kier alpha value is -1.86. The van der Waals surface area contributed by atoms with Crippen LogP contribution in [0.3, 0.4) is 0 Å². The van der Waals surface area contributed by atoms with Crippen LogP contribution in [0.1, 0.15) is 45.4 Å². The maximum Gasteiger partial charge on any atom is 0.262 e. The molecule has 26 heavy (non-hydrogen) atoms. The first-order valence-corrected chi connectivity index (χ1v) is 10.4. The number of unbranched alkanes of at least 4 members (excludes halogenated alkanes) is 4. The quantitative estimate of drug-likeness (QED) is 0.434. The minimum atomic E-state index is 0.0103. The van der Waals surface area contributed by atoms with Gasteiger partial charge >= 0.3 is 0 Å². The molecule has 3 aromatic rings. The molecule has 0 radical (unpaired) electrons. The second-order valence-electron chi connectivity index (χ2n) is 6.43. The van der Waals surface area contributed by atoms with Gasteiger partial charge in [-0.25, -0.2) is 0 Å². The van der Waals surface area contributed by atoms with Crippen molar-refractivity contribution < 1.29 is 5.11 Å². The molecule has 0 amide bonds. The molecule has 0 saturated heterocycles. The van der Waals surface area contributed by atoms with E-state index in [2.05, 4.69) is 17.1 Å². The molecule has 1 aromatic carbocycles. The van der Waals surface area contributed by atoms with Crippen molar-refractivity contribution in [2.75, 3.05) is 12.4 Å². The summed E-state index contributed by atoms with van der Waals surface area (Å²) in [5.41, 5.74) is 0.873. The molecule has 0 saturated carbocycles. The van der Waals surface area contributed by atoms with Crippen molar-refractivity contribution in [1.29, 1.82) is 0 Å². The molecular weight excluding hydrogens is 348 g/mol. The van der Waals surface area contributed by atoms with Crippen LogP contribution in [-0.4, -0.2) is 36.6 Å². The molecular formula is C19H26N4O2S. The number of aryl methyl sites for hydroxylation is 1. The molecule has 0 atom stereocenters. The Bertz CT molecular complexity index is 919. The van der Waals surface area contributed by atoms with Crippen molar-refractivity contribution in [3.05, 3.63) is 34.6 Å². The van der Waals surface area contributed by atoms with Gasteiger partial charge in [-0.15, -0.1) is 10.2 Å². The van der Waals surface area contributed by atoms with Crippen LogP contribution in [0.15, 0.2) is 34.2 Å². The summed E-state index contributed by atoms with van der Waals surface area (Å²) in [5.74, 6) is 1.55. The highest BCUT2D eigenvalue weighted by Gasteiger charge is 2.16. The molecule has 2 aromatic heterocycles. The zero-order chi connectivity index (χ0) is 18.4. The molecule has 0 aliphatic heterocycles. The summed E-state index contributed by atoms with van der Waals surface area (Å²) in [5, 5.41) is 19.1. The Morgan fingerprint density at radius 3 is 2.73 bits per heavy atom. The van der Waals surface area contributed by atoms with Gasteiger partial charge < -0.3 is 5.11 Å². The molecule has 140 valence electrons. The Kier molecular flexibility index (Phi) is 6.68. The lowest BCUT2D eigenvalue weighted by Gasteiger charge is -2.11. The summed E-state index contributed by atoms with van der Waals surface area (Å²) in [6.45, 7) is 3.06. The zero-order valence-electron chi connectivity index (χ0n) is 15.2. The third kappa shape index (κ3) is 3.94. The van der Waals surface area contributed by atoms with Crippen LogP contribution in [0.25, 0.3) is 16.7 Å². The summed E-state index contributed by atoms with van der Waals surface area (Å²) >= 11 is 1.66. The summed E-state index contributed by atoms with van der Waals surface area (Å²) in [6.07, 6.45) is 6.02. The van der Waals surface area contributed by atoms with E-state index in [0.29, 0.717) is 17.7 Å². The highest BCUT2D eigenvalue weighted by atomic mass is 32.2. The van der Waals surface area contributed by atoms with Gasteiger partial charge in [-0.1, -0.05) is 50.1 Å². The third-order valence-electron chi connectivity index (χ3n) is 4.50. The number of fused-ring (bicyclic) bond motifs is 3. The summed E-state index contributed by atoms with van der Waals surface area (Å²) in [4.78, 5) is 12.9. The first-order chi connectivity index (χ1) is 12.8. The predicted molar refractivity (Wildman–Crippen MR) is 106 cm³/mol. The number of aliphatic hydroxyl groups excluding tert-OH is 1. The van der Waals surface area contributed by atoms with Crippen LogP contribution in [0, 0.1) is 0 Å². The number of rotatable bonds is 10. The van der Waals surface area contributed by atoms with E-state index in [4.69, 9.17) is 5.11 Å². The number of hydrogen-bond donors (Lipinski definition) is 1. The van der Waals surface area contributed by atoms with Crippen LogP contribution < -0.4 is 5.56 Å². The number of thioether (sulfide) groups is 1. The number of benzene rings is 1. The molecule has 3 rings (SSSR count). The largest absolute Gasteiger partial charge is 0.396 e. The lowest BCUT2D eigenvalue weighted by molar-refractivity contribution is 0.284. The van der Waals surface area contributed by atoms with Gasteiger partial charge in [-0.3, -0.25) is 13.8 Å². The number of nitrogens with zero attached hydrogens (tertiary/aromatic N) is 4. The lowest BCUT2D eigenvalue weighted by atomic mass is 10.2. The molecule has 0 aliphatic rings. The standard InChI is InChI=1S/C19H26N4O2S/c1-2-3-7-12-22-17(25)15-10-5-6-11-16(15)23-18(22)20-21-19(23)26-14-9-4-8-13-24/h5-6,10-11,24H,2-4,7-9,12-14H2,1H3. The highest BCUT2D eigenvalue weighted by molar-refractivity contribution is 7.99. The Labute approximate surface area is 157 Å². The van der Waals surface area contributed by atoms with E-state index in [1.165, 1.54) is 0 Å². The van der Waals surface area contributed by atoms with Gasteiger partial charge in [0, 0.05) is 18.9 Å². The fourth-order valence-electron chi connectivity index (χ4n) is 3.10. The second-order valence-corrected chi connectivity index (χ2v) is 7.49. The molecule has 0 unspecified atom stereocenters. The average molecular weight is 375 g/mol. The van der Waals surface area contributed by atoms with Crippen molar-refractivity contribution in [2.45, 2.75) is 57.1 Å². The predicted octanol–water partition coefficient (Wildman–Crippen LogP) is 3.49. The van der Waals surface area contributed by atoms with E-state index in [1.807, 2.05) is 28.7 Å². The fourth-order valence-corrected chi connectivity index (χ4v) is 4.04. The molecule has 6 nitrogen and oxygen atoms in total. The molecule has 1 N–H and O–H groups in total. The van der Waals surface area contributed by atoms with Crippen molar-refractivity contribution in [3.8, 4) is 0 Å². The molecule has 0 bridgehead atoms. The third-order valence-corrected chi connectivity index (χ3v) is 5.51. The first-order valence-electron chi connectivity index (χ1n) is 9.38. The van der Waals surface area contributed by atoms with Crippen LogP contribution in [0.5, 0.6) is 0 Å². The SMILES string of the molecule is CCCCCn1c(=O)c2ccccc2n2c(SCCCCCO)nnc12. The van der Waals surface area contributed by atoms with E-state index in [0.717, 1.165) is 55.0 Å². The van der Waals surface area contributed by atoms with Crippen molar-refractivity contribution >= 4 is 28.4 Å². The van der Waals surface area contributed by atoms with Crippen molar-refractivity contribution in [2.24, 2.45) is 0 Å². The zero-order valence-corrected chi connectivity index (χ0v) is 16.0. The number of para-hydroxylation sites is 1. The van der Waals surface area contributed by atoms with E-state index in [1.54, 1.807) is 16.3 Å². The first kappa shape index (κ1) is 18.9. The van der Waals surface area contributed by atoms with Crippen molar-refractivity contribution in [3.63, 3.8) is 0 Å². The van der Waals surface area contributed by atoms with E-state index >= 15 is 0 Å². The van der Waals surface area contributed by atoms with Crippen LogP contribution >= 0.6 is 11.8 Å². The fraction of sp³-hybridized carbons (Fsp3) is 0.526. The maximum atomic E-state index is 12.9. The van der Waals surface area contributed by atoms with Gasteiger partial charge in [-0.2, -0.15) is 0 Å². The number of aliphatic hydroxyl groups is 1.